The molecular formula is C22H19ClFN5. The summed E-state index contributed by atoms with van der Waals surface area (Å²) in [6.45, 7) is 0. The lowest BCUT2D eigenvalue weighted by Gasteiger charge is -2.27. The van der Waals surface area contributed by atoms with Gasteiger partial charge >= 0.3 is 0 Å². The molecule has 0 atom stereocenters. The minimum atomic E-state index is -0.311. The summed E-state index contributed by atoms with van der Waals surface area (Å²) in [5.74, 6) is 1.23. The molecule has 1 aliphatic rings. The molecule has 0 spiro atoms. The number of anilines is 2. The van der Waals surface area contributed by atoms with Crippen LogP contribution in [-0.4, -0.2) is 19.8 Å². The van der Waals surface area contributed by atoms with Crippen molar-refractivity contribution < 1.29 is 4.39 Å². The fraction of sp³-hybridized carbons (Fsp3) is 0.227. The van der Waals surface area contributed by atoms with Gasteiger partial charge in [0.1, 0.15) is 5.82 Å². The second-order valence-electron chi connectivity index (χ2n) is 7.44. The van der Waals surface area contributed by atoms with E-state index in [0.717, 1.165) is 42.8 Å². The normalized spacial score (nSPS) is 15.7. The van der Waals surface area contributed by atoms with E-state index in [1.807, 2.05) is 53.0 Å². The number of aromatic nitrogens is 4. The van der Waals surface area contributed by atoms with Crippen LogP contribution < -0.4 is 5.32 Å². The van der Waals surface area contributed by atoms with Crippen LogP contribution in [0.2, 0.25) is 5.02 Å². The third-order valence-electron chi connectivity index (χ3n) is 5.64. The van der Waals surface area contributed by atoms with Crippen LogP contribution in [0.4, 0.5) is 15.9 Å². The smallest absolute Gasteiger partial charge is 0.178 e. The van der Waals surface area contributed by atoms with E-state index < -0.39 is 0 Å². The van der Waals surface area contributed by atoms with E-state index in [4.69, 9.17) is 16.7 Å². The Bertz CT molecular complexity index is 1170. The van der Waals surface area contributed by atoms with Crippen molar-refractivity contribution in [2.75, 3.05) is 5.32 Å². The Balaban J connectivity index is 1.59. The van der Waals surface area contributed by atoms with E-state index >= 15 is 0 Å². The van der Waals surface area contributed by atoms with Gasteiger partial charge in [-0.3, -0.25) is 0 Å². The Labute approximate surface area is 172 Å². The summed E-state index contributed by atoms with van der Waals surface area (Å²) in [7, 11) is 0. The lowest BCUT2D eigenvalue weighted by Crippen LogP contribution is -2.27. The van der Waals surface area contributed by atoms with Crippen molar-refractivity contribution in [1.82, 2.24) is 19.8 Å². The first kappa shape index (κ1) is 18.1. The Morgan fingerprint density at radius 1 is 0.966 bits per heavy atom. The first-order valence-electron chi connectivity index (χ1n) is 9.66. The van der Waals surface area contributed by atoms with Crippen LogP contribution in [0.1, 0.15) is 37.1 Å². The summed E-state index contributed by atoms with van der Waals surface area (Å²) in [6, 6.07) is 18.0. The van der Waals surface area contributed by atoms with Crippen molar-refractivity contribution in [2.45, 2.75) is 31.1 Å². The molecule has 0 amide bonds. The molecule has 2 aromatic heterocycles. The van der Waals surface area contributed by atoms with Crippen molar-refractivity contribution in [3.63, 3.8) is 0 Å². The number of hydrogen-bond acceptors (Lipinski definition) is 4. The van der Waals surface area contributed by atoms with E-state index in [-0.39, 0.29) is 11.2 Å². The molecule has 5 nitrogen and oxygen atoms in total. The quantitative estimate of drug-likeness (QED) is 0.484. The van der Waals surface area contributed by atoms with E-state index in [1.165, 1.54) is 12.1 Å². The zero-order chi connectivity index (χ0) is 19.8. The minimum Gasteiger partial charge on any atom is -0.339 e. The van der Waals surface area contributed by atoms with Crippen molar-refractivity contribution in [3.05, 3.63) is 82.9 Å². The molecule has 0 saturated heterocycles. The number of fused-ring (bicyclic) bond motifs is 1. The van der Waals surface area contributed by atoms with Crippen molar-refractivity contribution >= 4 is 28.8 Å². The SMILES string of the molecule is Fc1ccc(C2(c3nnc4ccc(Nc5cccc(Cl)c5)nn34)CCCC2)cc1. The van der Waals surface area contributed by atoms with Gasteiger partial charge in [-0.05, 0) is 60.9 Å². The Morgan fingerprint density at radius 2 is 1.76 bits per heavy atom. The molecule has 5 rings (SSSR count). The lowest BCUT2D eigenvalue weighted by atomic mass is 9.78. The predicted molar refractivity (Wildman–Crippen MR) is 111 cm³/mol. The van der Waals surface area contributed by atoms with Crippen LogP contribution in [0.5, 0.6) is 0 Å². The molecule has 4 aromatic rings. The second kappa shape index (κ2) is 7.12. The van der Waals surface area contributed by atoms with Gasteiger partial charge in [-0.25, -0.2) is 4.39 Å². The van der Waals surface area contributed by atoms with Gasteiger partial charge in [0.25, 0.3) is 0 Å². The van der Waals surface area contributed by atoms with Crippen LogP contribution >= 0.6 is 11.6 Å². The van der Waals surface area contributed by atoms with Crippen LogP contribution in [-0.2, 0) is 5.41 Å². The van der Waals surface area contributed by atoms with Gasteiger partial charge in [-0.1, -0.05) is 42.6 Å². The third kappa shape index (κ3) is 3.23. The molecular weight excluding hydrogens is 389 g/mol. The van der Waals surface area contributed by atoms with Crippen LogP contribution in [0.3, 0.4) is 0 Å². The van der Waals surface area contributed by atoms with Crippen LogP contribution in [0.15, 0.2) is 60.7 Å². The van der Waals surface area contributed by atoms with Crippen LogP contribution in [0.25, 0.3) is 5.65 Å². The number of rotatable bonds is 4. The van der Waals surface area contributed by atoms with Crippen LogP contribution in [0, 0.1) is 5.82 Å². The largest absolute Gasteiger partial charge is 0.339 e. The van der Waals surface area contributed by atoms with Gasteiger partial charge in [0.05, 0.1) is 5.41 Å². The molecule has 1 saturated carbocycles. The maximum absolute atomic E-state index is 13.5. The summed E-state index contributed by atoms with van der Waals surface area (Å²) < 4.78 is 15.3. The maximum Gasteiger partial charge on any atom is 0.178 e. The number of nitrogens with one attached hydrogen (secondary N) is 1. The predicted octanol–water partition coefficient (Wildman–Crippen LogP) is 5.52. The third-order valence-corrected chi connectivity index (χ3v) is 5.88. The molecule has 1 fully saturated rings. The van der Waals surface area contributed by atoms with E-state index in [0.29, 0.717) is 16.5 Å². The van der Waals surface area contributed by atoms with Gasteiger partial charge in [-0.2, -0.15) is 4.52 Å². The zero-order valence-corrected chi connectivity index (χ0v) is 16.4. The molecule has 1 N–H and O–H groups in total. The van der Waals surface area contributed by atoms with Gasteiger partial charge < -0.3 is 5.32 Å². The molecule has 0 radical (unpaired) electrons. The Kier molecular flexibility index (Phi) is 4.43. The summed E-state index contributed by atoms with van der Waals surface area (Å²) in [4.78, 5) is 0. The standard InChI is InChI=1S/C22H19ClFN5/c23-16-4-3-5-18(14-16)25-19-10-11-20-26-27-21(29(20)28-19)22(12-1-2-13-22)15-6-8-17(24)9-7-15/h3-11,14H,1-2,12-13H2,(H,25,28). The zero-order valence-electron chi connectivity index (χ0n) is 15.6. The highest BCUT2D eigenvalue weighted by atomic mass is 35.5. The summed E-state index contributed by atoms with van der Waals surface area (Å²) in [5, 5.41) is 17.6. The number of hydrogen-bond donors (Lipinski definition) is 1. The summed E-state index contributed by atoms with van der Waals surface area (Å²) in [5.41, 5.74) is 2.29. The summed E-state index contributed by atoms with van der Waals surface area (Å²) in [6.07, 6.45) is 4.06. The van der Waals surface area contributed by atoms with Gasteiger partial charge in [0.15, 0.2) is 17.3 Å². The van der Waals surface area contributed by atoms with Gasteiger partial charge in [-0.15, -0.1) is 15.3 Å². The van der Waals surface area contributed by atoms with Crippen molar-refractivity contribution in [3.8, 4) is 0 Å². The average Bonchev–Trinajstić information content (AvgIpc) is 3.36. The number of nitrogens with zero attached hydrogens (tertiary/aromatic N) is 4. The Morgan fingerprint density at radius 3 is 2.52 bits per heavy atom. The van der Waals surface area contributed by atoms with E-state index in [9.17, 15) is 4.39 Å². The monoisotopic (exact) mass is 407 g/mol. The highest BCUT2D eigenvalue weighted by Gasteiger charge is 2.41. The fourth-order valence-electron chi connectivity index (χ4n) is 4.26. The van der Waals surface area contributed by atoms with Gasteiger partial charge in [0, 0.05) is 10.7 Å². The molecule has 7 heteroatoms. The van der Waals surface area contributed by atoms with Crippen molar-refractivity contribution in [1.29, 1.82) is 0 Å². The molecule has 0 unspecified atom stereocenters. The molecule has 0 aliphatic heterocycles. The van der Waals surface area contributed by atoms with E-state index in [2.05, 4.69) is 15.5 Å². The first-order chi connectivity index (χ1) is 14.1. The second-order valence-corrected chi connectivity index (χ2v) is 7.88. The molecule has 2 aromatic carbocycles. The first-order valence-corrected chi connectivity index (χ1v) is 10.0. The summed E-state index contributed by atoms with van der Waals surface area (Å²) >= 11 is 6.08. The molecule has 29 heavy (non-hydrogen) atoms. The molecule has 2 heterocycles. The van der Waals surface area contributed by atoms with Gasteiger partial charge in [0.2, 0.25) is 0 Å². The highest BCUT2D eigenvalue weighted by molar-refractivity contribution is 6.30. The van der Waals surface area contributed by atoms with Crippen molar-refractivity contribution in [2.24, 2.45) is 0 Å². The number of benzene rings is 2. The topological polar surface area (TPSA) is 55.1 Å². The lowest BCUT2D eigenvalue weighted by molar-refractivity contribution is 0.484. The molecule has 146 valence electrons. The minimum absolute atomic E-state index is 0.237. The highest BCUT2D eigenvalue weighted by Crippen LogP contribution is 2.45. The number of halogens is 2. The van der Waals surface area contributed by atoms with E-state index in [1.54, 1.807) is 0 Å². The average molecular weight is 408 g/mol. The fourth-order valence-corrected chi connectivity index (χ4v) is 4.45. The Hall–Kier alpha value is -2.99. The maximum atomic E-state index is 13.5. The molecule has 0 bridgehead atoms. The molecule has 1 aliphatic carbocycles.